The molecule has 0 saturated heterocycles. The van der Waals surface area contributed by atoms with E-state index in [1.807, 2.05) is 0 Å². The van der Waals surface area contributed by atoms with Gasteiger partial charge in [-0.3, -0.25) is 4.79 Å². The van der Waals surface area contributed by atoms with Crippen LogP contribution in [-0.2, 0) is 6.61 Å². The fourth-order valence-electron chi connectivity index (χ4n) is 2.87. The number of amides is 1. The molecule has 0 radical (unpaired) electrons. The van der Waals surface area contributed by atoms with Crippen LogP contribution in [0.15, 0.2) is 60.7 Å². The number of hydrogen-bond acceptors (Lipinski definition) is 5. The van der Waals surface area contributed by atoms with E-state index in [-0.39, 0.29) is 18.3 Å². The minimum atomic E-state index is -0.362. The first-order chi connectivity index (χ1) is 14.5. The fraction of sp³-hybridized carbons (Fsp3) is 0.174. The third kappa shape index (κ3) is 4.81. The van der Waals surface area contributed by atoms with Crippen LogP contribution in [0.1, 0.15) is 15.9 Å². The monoisotopic (exact) mass is 411 g/mol. The van der Waals surface area contributed by atoms with Crippen molar-refractivity contribution >= 4 is 11.6 Å². The molecule has 0 aliphatic rings. The molecule has 0 aliphatic carbocycles. The molecule has 3 aromatic rings. The Morgan fingerprint density at radius 1 is 0.867 bits per heavy atom. The van der Waals surface area contributed by atoms with Gasteiger partial charge in [-0.05, 0) is 29.8 Å². The van der Waals surface area contributed by atoms with Crippen LogP contribution < -0.4 is 24.3 Å². The standard InChI is InChI=1S/C23H22FNO5/c1-27-20-12-17(13-21(28-2)22(20)29-3)25-23(26)18-6-4-5-7-19(18)30-14-15-8-10-16(24)11-9-15/h4-13H,14H2,1-3H3,(H,25,26). The lowest BCUT2D eigenvalue weighted by atomic mass is 10.1. The predicted octanol–water partition coefficient (Wildman–Crippen LogP) is 4.68. The van der Waals surface area contributed by atoms with Crippen molar-refractivity contribution < 1.29 is 28.1 Å². The van der Waals surface area contributed by atoms with E-state index >= 15 is 0 Å². The van der Waals surface area contributed by atoms with Gasteiger partial charge in [-0.25, -0.2) is 4.39 Å². The van der Waals surface area contributed by atoms with Crippen LogP contribution in [0.25, 0.3) is 0 Å². The zero-order valence-corrected chi connectivity index (χ0v) is 16.9. The first-order valence-corrected chi connectivity index (χ1v) is 9.13. The minimum Gasteiger partial charge on any atom is -0.493 e. The van der Waals surface area contributed by atoms with E-state index in [2.05, 4.69) is 5.32 Å². The van der Waals surface area contributed by atoms with Crippen molar-refractivity contribution in [2.24, 2.45) is 0 Å². The van der Waals surface area contributed by atoms with E-state index in [1.54, 1.807) is 48.5 Å². The lowest BCUT2D eigenvalue weighted by Gasteiger charge is -2.15. The third-order valence-corrected chi connectivity index (χ3v) is 4.36. The second-order valence-electron chi connectivity index (χ2n) is 6.28. The molecule has 0 fully saturated rings. The number of ether oxygens (including phenoxy) is 4. The number of anilines is 1. The van der Waals surface area contributed by atoms with E-state index < -0.39 is 0 Å². The fourth-order valence-corrected chi connectivity index (χ4v) is 2.87. The highest BCUT2D eigenvalue weighted by atomic mass is 19.1. The molecule has 0 unspecified atom stereocenters. The van der Waals surface area contributed by atoms with Gasteiger partial charge in [0, 0.05) is 17.8 Å². The summed E-state index contributed by atoms with van der Waals surface area (Å²) in [5.74, 6) is 1.01. The summed E-state index contributed by atoms with van der Waals surface area (Å²) in [6.07, 6.45) is 0. The Bertz CT molecular complexity index is 995. The Morgan fingerprint density at radius 3 is 2.10 bits per heavy atom. The van der Waals surface area contributed by atoms with Crippen LogP contribution in [0, 0.1) is 5.82 Å². The van der Waals surface area contributed by atoms with Crippen LogP contribution in [0.3, 0.4) is 0 Å². The molecule has 0 atom stereocenters. The molecule has 7 heteroatoms. The van der Waals surface area contributed by atoms with Crippen molar-refractivity contribution in [2.75, 3.05) is 26.6 Å². The Hall–Kier alpha value is -3.74. The van der Waals surface area contributed by atoms with Gasteiger partial charge in [-0.2, -0.15) is 0 Å². The molecule has 3 aromatic carbocycles. The summed E-state index contributed by atoms with van der Waals surface area (Å²) < 4.78 is 34.8. The normalized spacial score (nSPS) is 10.3. The summed E-state index contributed by atoms with van der Waals surface area (Å²) >= 11 is 0. The van der Waals surface area contributed by atoms with Crippen molar-refractivity contribution in [1.82, 2.24) is 0 Å². The Morgan fingerprint density at radius 2 is 1.50 bits per heavy atom. The summed E-state index contributed by atoms with van der Waals surface area (Å²) in [5.41, 5.74) is 1.62. The molecule has 0 aliphatic heterocycles. The average molecular weight is 411 g/mol. The largest absolute Gasteiger partial charge is 0.493 e. The van der Waals surface area contributed by atoms with E-state index in [0.717, 1.165) is 5.56 Å². The van der Waals surface area contributed by atoms with Crippen LogP contribution in [0.4, 0.5) is 10.1 Å². The number of benzene rings is 3. The summed E-state index contributed by atoms with van der Waals surface area (Å²) in [5, 5.41) is 2.82. The predicted molar refractivity (Wildman–Crippen MR) is 111 cm³/mol. The zero-order valence-electron chi connectivity index (χ0n) is 16.9. The molecular weight excluding hydrogens is 389 g/mol. The lowest BCUT2D eigenvalue weighted by Crippen LogP contribution is -2.14. The molecule has 1 N–H and O–H groups in total. The number of hydrogen-bond donors (Lipinski definition) is 1. The summed E-state index contributed by atoms with van der Waals surface area (Å²) in [6.45, 7) is 0.203. The van der Waals surface area contributed by atoms with Gasteiger partial charge >= 0.3 is 0 Å². The topological polar surface area (TPSA) is 66.0 Å². The first-order valence-electron chi connectivity index (χ1n) is 9.13. The number of rotatable bonds is 8. The first kappa shape index (κ1) is 21.0. The highest BCUT2D eigenvalue weighted by Crippen LogP contribution is 2.40. The quantitative estimate of drug-likeness (QED) is 0.583. The van der Waals surface area contributed by atoms with Crippen LogP contribution >= 0.6 is 0 Å². The molecule has 3 rings (SSSR count). The Kier molecular flexibility index (Phi) is 6.75. The van der Waals surface area contributed by atoms with Gasteiger partial charge in [0.1, 0.15) is 18.2 Å². The Balaban J connectivity index is 1.80. The molecule has 30 heavy (non-hydrogen) atoms. The number of halogens is 1. The lowest BCUT2D eigenvalue weighted by molar-refractivity contribution is 0.102. The molecule has 0 spiro atoms. The maximum absolute atomic E-state index is 13.1. The van der Waals surface area contributed by atoms with Crippen molar-refractivity contribution in [2.45, 2.75) is 6.61 Å². The molecule has 0 bridgehead atoms. The average Bonchev–Trinajstić information content (AvgIpc) is 2.78. The highest BCUT2D eigenvalue weighted by Gasteiger charge is 2.17. The number of para-hydroxylation sites is 1. The smallest absolute Gasteiger partial charge is 0.259 e. The van der Waals surface area contributed by atoms with E-state index in [1.165, 1.54) is 33.5 Å². The van der Waals surface area contributed by atoms with Crippen molar-refractivity contribution in [3.63, 3.8) is 0 Å². The molecule has 0 heterocycles. The maximum Gasteiger partial charge on any atom is 0.259 e. The summed E-state index contributed by atoms with van der Waals surface area (Å²) in [4.78, 5) is 12.9. The van der Waals surface area contributed by atoms with Gasteiger partial charge in [0.25, 0.3) is 5.91 Å². The number of carbonyl (C=O) groups is 1. The van der Waals surface area contributed by atoms with Crippen molar-refractivity contribution in [1.29, 1.82) is 0 Å². The number of carbonyl (C=O) groups excluding carboxylic acids is 1. The maximum atomic E-state index is 13.1. The van der Waals surface area contributed by atoms with Gasteiger partial charge in [-0.15, -0.1) is 0 Å². The van der Waals surface area contributed by atoms with E-state index in [4.69, 9.17) is 18.9 Å². The molecular formula is C23H22FNO5. The zero-order chi connectivity index (χ0) is 21.5. The van der Waals surface area contributed by atoms with Gasteiger partial charge in [0.15, 0.2) is 11.5 Å². The van der Waals surface area contributed by atoms with E-state index in [0.29, 0.717) is 34.2 Å². The van der Waals surface area contributed by atoms with Gasteiger partial charge < -0.3 is 24.3 Å². The van der Waals surface area contributed by atoms with Gasteiger partial charge in [0.05, 0.1) is 26.9 Å². The molecule has 6 nitrogen and oxygen atoms in total. The van der Waals surface area contributed by atoms with Gasteiger partial charge in [-0.1, -0.05) is 24.3 Å². The Labute approximate surface area is 174 Å². The molecule has 156 valence electrons. The number of nitrogens with one attached hydrogen (secondary N) is 1. The van der Waals surface area contributed by atoms with Crippen LogP contribution in [0.5, 0.6) is 23.0 Å². The second-order valence-corrected chi connectivity index (χ2v) is 6.28. The highest BCUT2D eigenvalue weighted by molar-refractivity contribution is 6.06. The SMILES string of the molecule is COc1cc(NC(=O)c2ccccc2OCc2ccc(F)cc2)cc(OC)c1OC. The van der Waals surface area contributed by atoms with Crippen LogP contribution in [-0.4, -0.2) is 27.2 Å². The van der Waals surface area contributed by atoms with Crippen molar-refractivity contribution in [3.05, 3.63) is 77.6 Å². The number of methoxy groups -OCH3 is 3. The molecule has 1 amide bonds. The van der Waals surface area contributed by atoms with Gasteiger partial charge in [0.2, 0.25) is 5.75 Å². The summed E-state index contributed by atoms with van der Waals surface area (Å²) in [7, 11) is 4.51. The molecule has 0 aromatic heterocycles. The second kappa shape index (κ2) is 9.65. The molecule has 0 saturated carbocycles. The van der Waals surface area contributed by atoms with Crippen LogP contribution in [0.2, 0.25) is 0 Å². The van der Waals surface area contributed by atoms with E-state index in [9.17, 15) is 9.18 Å². The minimum absolute atomic E-state index is 0.203. The summed E-state index contributed by atoms with van der Waals surface area (Å²) in [6, 6.07) is 16.2. The third-order valence-electron chi connectivity index (χ3n) is 4.36. The van der Waals surface area contributed by atoms with Crippen molar-refractivity contribution in [3.8, 4) is 23.0 Å².